The van der Waals surface area contributed by atoms with Crippen LogP contribution in [-0.4, -0.2) is 70.3 Å². The Kier molecular flexibility index (Phi) is 6.10. The summed E-state index contributed by atoms with van der Waals surface area (Å²) in [4.78, 5) is 15.0. The second-order valence-electron chi connectivity index (χ2n) is 7.22. The minimum absolute atomic E-state index is 0.284. The summed E-state index contributed by atoms with van der Waals surface area (Å²) in [6, 6.07) is 7.50. The molecule has 0 spiro atoms. The molecule has 1 amide bonds. The van der Waals surface area contributed by atoms with Crippen molar-refractivity contribution in [2.24, 2.45) is 0 Å². The van der Waals surface area contributed by atoms with Crippen molar-refractivity contribution in [1.29, 1.82) is 0 Å². The number of carbonyl (C=O) groups is 1. The monoisotopic (exact) mass is 410 g/mol. The molecule has 3 heterocycles. The molecule has 1 fully saturated rings. The summed E-state index contributed by atoms with van der Waals surface area (Å²) in [5, 5.41) is 11.6. The standard InChI is InChI=1S/C21H26N6O3/c1-16-3-4-20(29-2)19(13-16)27-6-5-18(24-27)21(28)23-17-14-22-26(15-17)8-7-25-9-11-30-12-10-25/h3-6,13-15H,7-12H2,1-2H3,(H,23,28). The molecule has 30 heavy (non-hydrogen) atoms. The van der Waals surface area contributed by atoms with Gasteiger partial charge in [0.2, 0.25) is 0 Å². The molecule has 3 aromatic rings. The quantitative estimate of drug-likeness (QED) is 0.641. The molecular formula is C21H26N6O3. The first-order chi connectivity index (χ1) is 14.6. The molecule has 9 heteroatoms. The van der Waals surface area contributed by atoms with E-state index in [1.165, 1.54) is 0 Å². The Morgan fingerprint density at radius 1 is 1.23 bits per heavy atom. The molecule has 0 atom stereocenters. The number of rotatable bonds is 7. The molecular weight excluding hydrogens is 384 g/mol. The van der Waals surface area contributed by atoms with E-state index in [0.717, 1.165) is 50.6 Å². The molecule has 0 saturated carbocycles. The Balaban J connectivity index is 1.38. The zero-order chi connectivity index (χ0) is 20.9. The number of hydrogen-bond acceptors (Lipinski definition) is 6. The Morgan fingerprint density at radius 3 is 2.87 bits per heavy atom. The van der Waals surface area contributed by atoms with Gasteiger partial charge in [0.25, 0.3) is 5.91 Å². The number of aryl methyl sites for hydroxylation is 1. The molecule has 1 aliphatic heterocycles. The van der Waals surface area contributed by atoms with E-state index in [-0.39, 0.29) is 5.91 Å². The summed E-state index contributed by atoms with van der Waals surface area (Å²) >= 11 is 0. The van der Waals surface area contributed by atoms with Gasteiger partial charge < -0.3 is 14.8 Å². The molecule has 0 aliphatic carbocycles. The Bertz CT molecular complexity index is 1010. The molecule has 158 valence electrons. The topological polar surface area (TPSA) is 86.4 Å². The summed E-state index contributed by atoms with van der Waals surface area (Å²) in [6.45, 7) is 7.11. The number of ether oxygens (including phenoxy) is 2. The van der Waals surface area contributed by atoms with E-state index in [9.17, 15) is 4.79 Å². The van der Waals surface area contributed by atoms with Crippen molar-refractivity contribution in [2.75, 3.05) is 45.3 Å². The van der Waals surface area contributed by atoms with Crippen LogP contribution in [0.5, 0.6) is 5.75 Å². The van der Waals surface area contributed by atoms with E-state index in [0.29, 0.717) is 17.1 Å². The van der Waals surface area contributed by atoms with Gasteiger partial charge in [-0.2, -0.15) is 10.2 Å². The number of nitrogens with one attached hydrogen (secondary N) is 1. The molecule has 1 N–H and O–H groups in total. The molecule has 1 aromatic carbocycles. The summed E-state index contributed by atoms with van der Waals surface area (Å²) < 4.78 is 14.3. The molecule has 2 aromatic heterocycles. The van der Waals surface area contributed by atoms with Crippen molar-refractivity contribution in [3.63, 3.8) is 0 Å². The number of amides is 1. The Labute approximate surface area is 175 Å². The maximum Gasteiger partial charge on any atom is 0.276 e. The highest BCUT2D eigenvalue weighted by Crippen LogP contribution is 2.23. The zero-order valence-corrected chi connectivity index (χ0v) is 17.2. The molecule has 4 rings (SSSR count). The summed E-state index contributed by atoms with van der Waals surface area (Å²) in [6.07, 6.45) is 5.23. The molecule has 0 unspecified atom stereocenters. The lowest BCUT2D eigenvalue weighted by molar-refractivity contribution is 0.0360. The number of methoxy groups -OCH3 is 1. The molecule has 1 aliphatic rings. The first kappa shape index (κ1) is 20.1. The van der Waals surface area contributed by atoms with Crippen LogP contribution in [0, 0.1) is 6.92 Å². The minimum Gasteiger partial charge on any atom is -0.494 e. The van der Waals surface area contributed by atoms with E-state index in [1.807, 2.05) is 36.0 Å². The van der Waals surface area contributed by atoms with Gasteiger partial charge in [0.05, 0.1) is 38.8 Å². The van der Waals surface area contributed by atoms with E-state index in [2.05, 4.69) is 20.4 Å². The van der Waals surface area contributed by atoms with Crippen LogP contribution in [0.3, 0.4) is 0 Å². The number of aromatic nitrogens is 4. The zero-order valence-electron chi connectivity index (χ0n) is 17.2. The third-order valence-corrected chi connectivity index (χ3v) is 5.04. The number of nitrogens with zero attached hydrogens (tertiary/aromatic N) is 5. The second kappa shape index (κ2) is 9.10. The number of benzene rings is 1. The predicted molar refractivity (Wildman–Crippen MR) is 112 cm³/mol. The van der Waals surface area contributed by atoms with Crippen molar-refractivity contribution in [3.8, 4) is 11.4 Å². The van der Waals surface area contributed by atoms with Crippen molar-refractivity contribution in [2.45, 2.75) is 13.5 Å². The van der Waals surface area contributed by atoms with Crippen LogP contribution in [0.25, 0.3) is 5.69 Å². The average Bonchev–Trinajstić information content (AvgIpc) is 3.43. The number of anilines is 1. The van der Waals surface area contributed by atoms with E-state index >= 15 is 0 Å². The number of morpholine rings is 1. The van der Waals surface area contributed by atoms with Crippen LogP contribution in [-0.2, 0) is 11.3 Å². The van der Waals surface area contributed by atoms with Crippen molar-refractivity contribution >= 4 is 11.6 Å². The van der Waals surface area contributed by atoms with Crippen molar-refractivity contribution < 1.29 is 14.3 Å². The lowest BCUT2D eigenvalue weighted by Gasteiger charge is -2.26. The van der Waals surface area contributed by atoms with Crippen LogP contribution in [0.4, 0.5) is 5.69 Å². The highest BCUT2D eigenvalue weighted by Gasteiger charge is 2.14. The van der Waals surface area contributed by atoms with E-state index in [4.69, 9.17) is 9.47 Å². The third-order valence-electron chi connectivity index (χ3n) is 5.04. The SMILES string of the molecule is COc1ccc(C)cc1-n1ccc(C(=O)Nc2cnn(CCN3CCOCC3)c2)n1. The number of carbonyl (C=O) groups excluding carboxylic acids is 1. The van der Waals surface area contributed by atoms with Gasteiger partial charge >= 0.3 is 0 Å². The highest BCUT2D eigenvalue weighted by atomic mass is 16.5. The van der Waals surface area contributed by atoms with E-state index < -0.39 is 0 Å². The van der Waals surface area contributed by atoms with Crippen LogP contribution >= 0.6 is 0 Å². The average molecular weight is 410 g/mol. The van der Waals surface area contributed by atoms with Gasteiger partial charge in [0.15, 0.2) is 5.69 Å². The Morgan fingerprint density at radius 2 is 2.07 bits per heavy atom. The maximum atomic E-state index is 12.6. The Hall–Kier alpha value is -3.17. The smallest absolute Gasteiger partial charge is 0.276 e. The normalized spacial score (nSPS) is 14.6. The summed E-state index contributed by atoms with van der Waals surface area (Å²) in [5.74, 6) is 0.408. The minimum atomic E-state index is -0.284. The van der Waals surface area contributed by atoms with E-state index in [1.54, 1.807) is 30.3 Å². The fourth-order valence-corrected chi connectivity index (χ4v) is 3.37. The first-order valence-corrected chi connectivity index (χ1v) is 9.97. The fraction of sp³-hybridized carbons (Fsp3) is 0.381. The van der Waals surface area contributed by atoms with Gasteiger partial charge in [-0.25, -0.2) is 4.68 Å². The number of hydrogen-bond donors (Lipinski definition) is 1. The highest BCUT2D eigenvalue weighted by molar-refractivity contribution is 6.02. The van der Waals surface area contributed by atoms with Gasteiger partial charge in [-0.05, 0) is 30.7 Å². The van der Waals surface area contributed by atoms with Gasteiger partial charge in [-0.1, -0.05) is 6.07 Å². The largest absolute Gasteiger partial charge is 0.494 e. The molecule has 1 saturated heterocycles. The first-order valence-electron chi connectivity index (χ1n) is 9.97. The van der Waals surface area contributed by atoms with Gasteiger partial charge in [-0.15, -0.1) is 0 Å². The van der Waals surface area contributed by atoms with Crippen molar-refractivity contribution in [3.05, 3.63) is 54.1 Å². The maximum absolute atomic E-state index is 12.6. The fourth-order valence-electron chi connectivity index (χ4n) is 3.37. The lowest BCUT2D eigenvalue weighted by atomic mass is 10.2. The van der Waals surface area contributed by atoms with Crippen LogP contribution < -0.4 is 10.1 Å². The second-order valence-corrected chi connectivity index (χ2v) is 7.22. The van der Waals surface area contributed by atoms with Crippen molar-refractivity contribution in [1.82, 2.24) is 24.5 Å². The van der Waals surface area contributed by atoms with Crippen LogP contribution in [0.1, 0.15) is 16.1 Å². The van der Waals surface area contributed by atoms with Crippen LogP contribution in [0.15, 0.2) is 42.9 Å². The molecule has 0 radical (unpaired) electrons. The van der Waals surface area contributed by atoms with Gasteiger partial charge in [0, 0.05) is 32.0 Å². The summed E-state index contributed by atoms with van der Waals surface area (Å²) in [5.41, 5.74) is 2.83. The molecule has 0 bridgehead atoms. The summed E-state index contributed by atoms with van der Waals surface area (Å²) in [7, 11) is 1.61. The van der Waals surface area contributed by atoms with Gasteiger partial charge in [0.1, 0.15) is 11.4 Å². The predicted octanol–water partition coefficient (Wildman–Crippen LogP) is 1.97. The van der Waals surface area contributed by atoms with Crippen LogP contribution in [0.2, 0.25) is 0 Å². The third kappa shape index (κ3) is 4.69. The van der Waals surface area contributed by atoms with Gasteiger partial charge in [-0.3, -0.25) is 14.4 Å². The molecule has 9 nitrogen and oxygen atoms in total. The lowest BCUT2D eigenvalue weighted by Crippen LogP contribution is -2.38.